The van der Waals surface area contributed by atoms with Crippen LogP contribution in [0.1, 0.15) is 36.0 Å². The number of benzene rings is 1. The quantitative estimate of drug-likeness (QED) is 0.612. The second-order valence-corrected chi connectivity index (χ2v) is 5.36. The molecular weight excluding hydrogens is 331 g/mol. The summed E-state index contributed by atoms with van der Waals surface area (Å²) in [7, 11) is 0. The van der Waals surface area contributed by atoms with Gasteiger partial charge in [-0.1, -0.05) is 6.07 Å². The second kappa shape index (κ2) is 5.62. The summed E-state index contributed by atoms with van der Waals surface area (Å²) in [5.41, 5.74) is 0.510. The van der Waals surface area contributed by atoms with Gasteiger partial charge in [0.05, 0.1) is 5.56 Å². The lowest BCUT2D eigenvalue weighted by molar-refractivity contribution is -0.129. The largest absolute Gasteiger partial charge is 0.451 e. The lowest BCUT2D eigenvalue weighted by Crippen LogP contribution is -2.30. The van der Waals surface area contributed by atoms with E-state index in [1.165, 1.54) is 0 Å². The summed E-state index contributed by atoms with van der Waals surface area (Å²) in [5, 5.41) is 0. The minimum atomic E-state index is -0.533. The highest BCUT2D eigenvalue weighted by molar-refractivity contribution is 14.1. The number of halogens is 1. The fraction of sp³-hybridized carbons (Fsp3) is 0.385. The van der Waals surface area contributed by atoms with Crippen LogP contribution in [0.5, 0.6) is 0 Å². The summed E-state index contributed by atoms with van der Waals surface area (Å²) in [6, 6.07) is 7.18. The van der Waals surface area contributed by atoms with Gasteiger partial charge < -0.3 is 4.74 Å². The van der Waals surface area contributed by atoms with Gasteiger partial charge in [-0.25, -0.2) is 4.79 Å². The van der Waals surface area contributed by atoms with Crippen LogP contribution in [-0.4, -0.2) is 17.9 Å². The summed E-state index contributed by atoms with van der Waals surface area (Å²) < 4.78 is 6.23. The SMILES string of the molecule is O=C(O[C@@H]1CCCCC1=O)c1cccc(I)c1. The predicted octanol–water partition coefficient (Wildman–Crippen LogP) is 2.96. The maximum absolute atomic E-state index is 11.8. The molecule has 0 N–H and O–H groups in total. The van der Waals surface area contributed by atoms with Crippen LogP contribution in [-0.2, 0) is 9.53 Å². The summed E-state index contributed by atoms with van der Waals surface area (Å²) in [5.74, 6) is -0.348. The molecule has 0 heterocycles. The molecule has 0 spiro atoms. The molecule has 1 aliphatic rings. The van der Waals surface area contributed by atoms with Gasteiger partial charge in [0.1, 0.15) is 0 Å². The standard InChI is InChI=1S/C13H13IO3/c14-10-5-3-4-9(8-10)13(16)17-12-7-2-1-6-11(12)15/h3-5,8,12H,1-2,6-7H2/t12-/m1/s1. The number of rotatable bonds is 2. The first kappa shape index (κ1) is 12.5. The fourth-order valence-electron chi connectivity index (χ4n) is 1.89. The molecular formula is C13H13IO3. The van der Waals surface area contributed by atoms with Gasteiger partial charge in [0.15, 0.2) is 11.9 Å². The zero-order chi connectivity index (χ0) is 12.3. The molecule has 1 fully saturated rings. The molecule has 0 amide bonds. The van der Waals surface area contributed by atoms with Gasteiger partial charge >= 0.3 is 5.97 Å². The van der Waals surface area contributed by atoms with Crippen molar-refractivity contribution < 1.29 is 14.3 Å². The number of hydrogen-bond donors (Lipinski definition) is 0. The molecule has 1 saturated carbocycles. The van der Waals surface area contributed by atoms with E-state index in [1.807, 2.05) is 6.07 Å². The van der Waals surface area contributed by atoms with Gasteiger partial charge in [0, 0.05) is 9.99 Å². The third-order valence-electron chi connectivity index (χ3n) is 2.81. The van der Waals surface area contributed by atoms with Crippen molar-refractivity contribution in [1.82, 2.24) is 0 Å². The summed E-state index contributed by atoms with van der Waals surface area (Å²) >= 11 is 2.14. The van der Waals surface area contributed by atoms with Crippen LogP contribution in [0.4, 0.5) is 0 Å². The van der Waals surface area contributed by atoms with Crippen LogP contribution in [0.3, 0.4) is 0 Å². The minimum absolute atomic E-state index is 0.0511. The number of Topliss-reactive ketones (excluding diaryl/α,β-unsaturated/α-hetero) is 1. The van der Waals surface area contributed by atoms with E-state index in [2.05, 4.69) is 22.6 Å². The lowest BCUT2D eigenvalue weighted by atomic mass is 9.96. The first-order valence-electron chi connectivity index (χ1n) is 5.66. The molecule has 17 heavy (non-hydrogen) atoms. The molecule has 1 aliphatic carbocycles. The molecule has 1 atom stereocenters. The number of ketones is 1. The van der Waals surface area contributed by atoms with Crippen molar-refractivity contribution in [2.75, 3.05) is 0 Å². The van der Waals surface area contributed by atoms with E-state index >= 15 is 0 Å². The van der Waals surface area contributed by atoms with Crippen LogP contribution in [0, 0.1) is 3.57 Å². The van der Waals surface area contributed by atoms with Gasteiger partial charge in [0.2, 0.25) is 0 Å². The number of carbonyl (C=O) groups excluding carboxylic acids is 2. The Kier molecular flexibility index (Phi) is 4.15. The van der Waals surface area contributed by atoms with E-state index in [0.29, 0.717) is 18.4 Å². The number of esters is 1. The molecule has 0 aliphatic heterocycles. The smallest absolute Gasteiger partial charge is 0.338 e. The molecule has 1 aromatic rings. The van der Waals surface area contributed by atoms with Crippen LogP contribution in [0.15, 0.2) is 24.3 Å². The maximum atomic E-state index is 11.8. The van der Waals surface area contributed by atoms with Gasteiger partial charge in [-0.3, -0.25) is 4.79 Å². The van der Waals surface area contributed by atoms with Crippen LogP contribution in [0.25, 0.3) is 0 Å². The molecule has 0 saturated heterocycles. The molecule has 4 heteroatoms. The zero-order valence-electron chi connectivity index (χ0n) is 9.32. The first-order valence-corrected chi connectivity index (χ1v) is 6.74. The molecule has 0 bridgehead atoms. The Morgan fingerprint density at radius 1 is 1.35 bits per heavy atom. The van der Waals surface area contributed by atoms with E-state index in [4.69, 9.17) is 4.74 Å². The predicted molar refractivity (Wildman–Crippen MR) is 71.8 cm³/mol. The summed E-state index contributed by atoms with van der Waals surface area (Å²) in [4.78, 5) is 23.4. The normalized spacial score (nSPS) is 20.1. The van der Waals surface area contributed by atoms with Gasteiger partial charge in [-0.05, 0) is 60.1 Å². The number of carbonyl (C=O) groups is 2. The zero-order valence-corrected chi connectivity index (χ0v) is 11.5. The molecule has 90 valence electrons. The van der Waals surface area contributed by atoms with E-state index in [-0.39, 0.29) is 5.78 Å². The average molecular weight is 344 g/mol. The Balaban J connectivity index is 2.03. The van der Waals surface area contributed by atoms with Crippen LogP contribution >= 0.6 is 22.6 Å². The molecule has 0 radical (unpaired) electrons. The Morgan fingerprint density at radius 3 is 2.88 bits per heavy atom. The van der Waals surface area contributed by atoms with Gasteiger partial charge in [-0.2, -0.15) is 0 Å². The highest BCUT2D eigenvalue weighted by Crippen LogP contribution is 2.19. The van der Waals surface area contributed by atoms with Crippen molar-refractivity contribution >= 4 is 34.3 Å². The van der Waals surface area contributed by atoms with Crippen molar-refractivity contribution in [2.45, 2.75) is 31.8 Å². The molecule has 0 aromatic heterocycles. The average Bonchev–Trinajstić information content (AvgIpc) is 2.32. The van der Waals surface area contributed by atoms with Crippen molar-refractivity contribution in [3.05, 3.63) is 33.4 Å². The van der Waals surface area contributed by atoms with Crippen LogP contribution < -0.4 is 0 Å². The fourth-order valence-corrected chi connectivity index (χ4v) is 2.43. The van der Waals surface area contributed by atoms with Crippen molar-refractivity contribution in [2.24, 2.45) is 0 Å². The van der Waals surface area contributed by atoms with E-state index in [9.17, 15) is 9.59 Å². The first-order chi connectivity index (χ1) is 8.16. The lowest BCUT2D eigenvalue weighted by Gasteiger charge is -2.20. The Bertz CT molecular complexity index is 442. The Morgan fingerprint density at radius 2 is 2.18 bits per heavy atom. The van der Waals surface area contributed by atoms with Crippen LogP contribution in [0.2, 0.25) is 0 Å². The minimum Gasteiger partial charge on any atom is -0.451 e. The van der Waals surface area contributed by atoms with Crippen molar-refractivity contribution in [3.63, 3.8) is 0 Å². The highest BCUT2D eigenvalue weighted by atomic mass is 127. The number of ether oxygens (including phenoxy) is 1. The van der Waals surface area contributed by atoms with E-state index < -0.39 is 12.1 Å². The van der Waals surface area contributed by atoms with Gasteiger partial charge in [-0.15, -0.1) is 0 Å². The molecule has 1 aromatic carbocycles. The summed E-state index contributed by atoms with van der Waals surface area (Å²) in [6.45, 7) is 0. The molecule has 3 nitrogen and oxygen atoms in total. The monoisotopic (exact) mass is 344 g/mol. The third kappa shape index (κ3) is 3.28. The van der Waals surface area contributed by atoms with Crippen molar-refractivity contribution in [1.29, 1.82) is 0 Å². The second-order valence-electron chi connectivity index (χ2n) is 4.12. The molecule has 2 rings (SSSR count). The molecule has 0 unspecified atom stereocenters. The van der Waals surface area contributed by atoms with Gasteiger partial charge in [0.25, 0.3) is 0 Å². The highest BCUT2D eigenvalue weighted by Gasteiger charge is 2.26. The topological polar surface area (TPSA) is 43.4 Å². The Labute approximate surface area is 114 Å². The summed E-state index contributed by atoms with van der Waals surface area (Å²) in [6.07, 6.45) is 2.53. The Hall–Kier alpha value is -0.910. The van der Waals surface area contributed by atoms with E-state index in [0.717, 1.165) is 16.4 Å². The number of hydrogen-bond acceptors (Lipinski definition) is 3. The van der Waals surface area contributed by atoms with E-state index in [1.54, 1.807) is 18.2 Å². The van der Waals surface area contributed by atoms with Crippen molar-refractivity contribution in [3.8, 4) is 0 Å². The maximum Gasteiger partial charge on any atom is 0.338 e. The third-order valence-corrected chi connectivity index (χ3v) is 3.48.